The van der Waals surface area contributed by atoms with E-state index in [0.717, 1.165) is 40.2 Å². The Labute approximate surface area is 246 Å². The average molecular weight is 582 g/mol. The number of halogens is 1. The molecule has 0 saturated heterocycles. The zero-order chi connectivity index (χ0) is 28.2. The number of fused-ring (bicyclic) bond motifs is 1. The number of nitrogens with zero attached hydrogens (tertiary/aromatic N) is 5. The Balaban J connectivity index is 1.34. The van der Waals surface area contributed by atoms with Crippen LogP contribution in [0.2, 0.25) is 5.02 Å². The molecule has 0 atom stereocenters. The summed E-state index contributed by atoms with van der Waals surface area (Å²) in [5.41, 5.74) is 4.03. The van der Waals surface area contributed by atoms with Gasteiger partial charge >= 0.3 is 0 Å². The molecule has 0 aliphatic carbocycles. The first kappa shape index (κ1) is 26.9. The van der Waals surface area contributed by atoms with Crippen LogP contribution in [-0.4, -0.2) is 31.0 Å². The molecular formula is C32H28ClN5O2S. The van der Waals surface area contributed by atoms with Crippen LogP contribution in [-0.2, 0) is 0 Å². The van der Waals surface area contributed by atoms with Crippen molar-refractivity contribution >= 4 is 34.0 Å². The molecule has 0 amide bonds. The number of hydrogen-bond donors (Lipinski definition) is 0. The monoisotopic (exact) mass is 581 g/mol. The van der Waals surface area contributed by atoms with Crippen LogP contribution >= 0.6 is 22.9 Å². The van der Waals surface area contributed by atoms with Crippen LogP contribution in [0, 0.1) is 0 Å². The van der Waals surface area contributed by atoms with Gasteiger partial charge < -0.3 is 4.74 Å². The Morgan fingerprint density at radius 2 is 1.66 bits per heavy atom. The van der Waals surface area contributed by atoms with Crippen molar-refractivity contribution in [3.8, 4) is 34.1 Å². The molecule has 0 spiro atoms. The van der Waals surface area contributed by atoms with Gasteiger partial charge in [0.15, 0.2) is 5.82 Å². The molecule has 41 heavy (non-hydrogen) atoms. The van der Waals surface area contributed by atoms with E-state index in [4.69, 9.17) is 21.4 Å². The smallest absolute Gasteiger partial charge is 0.291 e. The fraction of sp³-hybridized carbons (Fsp3) is 0.188. The van der Waals surface area contributed by atoms with Gasteiger partial charge in [-0.3, -0.25) is 4.79 Å². The van der Waals surface area contributed by atoms with Gasteiger partial charge in [-0.2, -0.15) is 14.6 Å². The van der Waals surface area contributed by atoms with E-state index in [1.807, 2.05) is 83.7 Å². The van der Waals surface area contributed by atoms with Crippen molar-refractivity contribution in [2.75, 3.05) is 6.61 Å². The van der Waals surface area contributed by atoms with E-state index in [0.29, 0.717) is 26.9 Å². The van der Waals surface area contributed by atoms with Crippen molar-refractivity contribution in [2.24, 2.45) is 0 Å². The predicted molar refractivity (Wildman–Crippen MR) is 165 cm³/mol. The summed E-state index contributed by atoms with van der Waals surface area (Å²) < 4.78 is 9.65. The number of benzene rings is 3. The number of rotatable bonds is 10. The molecule has 6 rings (SSSR count). The molecule has 0 radical (unpaired) electrons. The molecule has 6 aromatic rings. The second kappa shape index (κ2) is 12.1. The first-order chi connectivity index (χ1) is 20.1. The molecule has 9 heteroatoms. The van der Waals surface area contributed by atoms with E-state index >= 15 is 0 Å². The minimum Gasteiger partial charge on any atom is -0.494 e. The number of thiazole rings is 1. The molecule has 7 nitrogen and oxygen atoms in total. The lowest BCUT2D eigenvalue weighted by Crippen LogP contribution is -2.23. The molecule has 0 bridgehead atoms. The number of unbranched alkanes of at least 4 members (excludes halogenated alkanes) is 3. The molecule has 0 fully saturated rings. The topological polar surface area (TPSA) is 74.3 Å². The summed E-state index contributed by atoms with van der Waals surface area (Å²) in [6.45, 7) is 2.91. The van der Waals surface area contributed by atoms with Crippen molar-refractivity contribution in [3.63, 3.8) is 0 Å². The first-order valence-electron chi connectivity index (χ1n) is 13.6. The standard InChI is InChI=1S/C32H28ClN5O2S/c1-2-3-4-8-19-40-27-17-13-22(14-18-27)29-24(21-37(35-29)26-9-6-5-7-10-26)20-28-31(39)38-32(41-28)34-30(36-38)23-11-15-25(33)16-12-23/h5-7,9-18,20-21H,2-4,8,19H2,1H3/b28-20-. The highest BCUT2D eigenvalue weighted by Gasteiger charge is 2.15. The third-order valence-corrected chi connectivity index (χ3v) is 7.94. The minimum atomic E-state index is -0.219. The lowest BCUT2D eigenvalue weighted by atomic mass is 10.1. The predicted octanol–water partition coefficient (Wildman–Crippen LogP) is 6.83. The normalized spacial score (nSPS) is 11.9. The van der Waals surface area contributed by atoms with Gasteiger partial charge in [0.25, 0.3) is 5.56 Å². The maximum atomic E-state index is 13.3. The number of aromatic nitrogens is 5. The maximum absolute atomic E-state index is 13.3. The second-order valence-electron chi connectivity index (χ2n) is 9.70. The number of ether oxygens (including phenoxy) is 1. The summed E-state index contributed by atoms with van der Waals surface area (Å²) in [6, 6.07) is 25.1. The molecule has 3 aromatic carbocycles. The van der Waals surface area contributed by atoms with Gasteiger partial charge in [0.1, 0.15) is 11.4 Å². The van der Waals surface area contributed by atoms with Crippen LogP contribution in [0.5, 0.6) is 5.75 Å². The third kappa shape index (κ3) is 5.94. The van der Waals surface area contributed by atoms with Crippen molar-refractivity contribution in [1.82, 2.24) is 24.4 Å². The summed E-state index contributed by atoms with van der Waals surface area (Å²) in [4.78, 5) is 18.5. The molecule has 0 aliphatic rings. The van der Waals surface area contributed by atoms with Crippen LogP contribution in [0.3, 0.4) is 0 Å². The van der Waals surface area contributed by atoms with Gasteiger partial charge in [-0.15, -0.1) is 5.10 Å². The van der Waals surface area contributed by atoms with Gasteiger partial charge in [0, 0.05) is 27.9 Å². The van der Waals surface area contributed by atoms with Crippen LogP contribution in [0.1, 0.15) is 38.2 Å². The van der Waals surface area contributed by atoms with E-state index in [2.05, 4.69) is 17.0 Å². The fourth-order valence-corrected chi connectivity index (χ4v) is 5.58. The Hall–Kier alpha value is -4.27. The molecule has 3 aromatic heterocycles. The minimum absolute atomic E-state index is 0.219. The second-order valence-corrected chi connectivity index (χ2v) is 11.1. The van der Waals surface area contributed by atoms with E-state index in [1.54, 1.807) is 12.1 Å². The van der Waals surface area contributed by atoms with Crippen LogP contribution < -0.4 is 14.8 Å². The largest absolute Gasteiger partial charge is 0.494 e. The summed E-state index contributed by atoms with van der Waals surface area (Å²) in [5.74, 6) is 1.32. The molecule has 206 valence electrons. The summed E-state index contributed by atoms with van der Waals surface area (Å²) in [7, 11) is 0. The van der Waals surface area contributed by atoms with E-state index < -0.39 is 0 Å². The SMILES string of the molecule is CCCCCCOc1ccc(-c2nn(-c3ccccc3)cc2/C=c2\sc3nc(-c4ccc(Cl)cc4)nn3c2=O)cc1. The van der Waals surface area contributed by atoms with Crippen molar-refractivity contribution in [2.45, 2.75) is 32.6 Å². The lowest BCUT2D eigenvalue weighted by Gasteiger charge is -2.07. The summed E-state index contributed by atoms with van der Waals surface area (Å²) >= 11 is 7.31. The van der Waals surface area contributed by atoms with Crippen LogP contribution in [0.15, 0.2) is 89.9 Å². The van der Waals surface area contributed by atoms with Gasteiger partial charge in [0.2, 0.25) is 4.96 Å². The lowest BCUT2D eigenvalue weighted by molar-refractivity contribution is 0.305. The van der Waals surface area contributed by atoms with Crippen molar-refractivity contribution < 1.29 is 4.74 Å². The molecular weight excluding hydrogens is 554 g/mol. The Morgan fingerprint density at radius 1 is 0.902 bits per heavy atom. The van der Waals surface area contributed by atoms with Crippen molar-refractivity contribution in [1.29, 1.82) is 0 Å². The zero-order valence-electron chi connectivity index (χ0n) is 22.5. The highest BCUT2D eigenvalue weighted by atomic mass is 35.5. The first-order valence-corrected chi connectivity index (χ1v) is 14.8. The van der Waals surface area contributed by atoms with Gasteiger partial charge in [-0.05, 0) is 73.2 Å². The van der Waals surface area contributed by atoms with Gasteiger partial charge in [-0.1, -0.05) is 67.3 Å². The molecule has 0 aliphatic heterocycles. The molecule has 0 unspecified atom stereocenters. The molecule has 0 N–H and O–H groups in total. The quantitative estimate of drug-likeness (QED) is 0.166. The van der Waals surface area contributed by atoms with E-state index in [-0.39, 0.29) is 5.56 Å². The summed E-state index contributed by atoms with van der Waals surface area (Å²) in [5, 5.41) is 10.00. The Bertz CT molecular complexity index is 1880. The third-order valence-electron chi connectivity index (χ3n) is 6.73. The van der Waals surface area contributed by atoms with Gasteiger partial charge in [0.05, 0.1) is 16.8 Å². The highest BCUT2D eigenvalue weighted by Crippen LogP contribution is 2.27. The van der Waals surface area contributed by atoms with E-state index in [1.165, 1.54) is 35.1 Å². The molecule has 3 heterocycles. The summed E-state index contributed by atoms with van der Waals surface area (Å²) in [6.07, 6.45) is 8.47. The highest BCUT2D eigenvalue weighted by molar-refractivity contribution is 7.15. The van der Waals surface area contributed by atoms with Crippen LogP contribution in [0.25, 0.3) is 39.4 Å². The van der Waals surface area contributed by atoms with Crippen molar-refractivity contribution in [3.05, 3.63) is 111 Å². The number of hydrogen-bond acceptors (Lipinski definition) is 6. The van der Waals surface area contributed by atoms with E-state index in [9.17, 15) is 4.79 Å². The van der Waals surface area contributed by atoms with Gasteiger partial charge in [-0.25, -0.2) is 4.68 Å². The average Bonchev–Trinajstić information content (AvgIpc) is 3.69. The fourth-order valence-electron chi connectivity index (χ4n) is 4.55. The Morgan fingerprint density at radius 3 is 2.39 bits per heavy atom. The number of para-hydroxylation sites is 1. The Kier molecular flexibility index (Phi) is 7.93. The maximum Gasteiger partial charge on any atom is 0.291 e. The van der Waals surface area contributed by atoms with Crippen LogP contribution in [0.4, 0.5) is 0 Å². The molecule has 0 saturated carbocycles. The zero-order valence-corrected chi connectivity index (χ0v) is 24.1.